The number of anilines is 1. The minimum Gasteiger partial charge on any atom is -0.490 e. The van der Waals surface area contributed by atoms with Gasteiger partial charge in [-0.2, -0.15) is 17.5 Å². The van der Waals surface area contributed by atoms with Gasteiger partial charge in [-0.1, -0.05) is 24.3 Å². The largest absolute Gasteiger partial charge is 0.490 e. The average molecular weight is 655 g/mol. The van der Waals surface area contributed by atoms with Crippen molar-refractivity contribution in [2.45, 2.75) is 36.4 Å². The molecule has 1 saturated heterocycles. The van der Waals surface area contributed by atoms with Crippen LogP contribution in [0.5, 0.6) is 17.2 Å². The van der Waals surface area contributed by atoms with Crippen LogP contribution in [0.1, 0.15) is 34.3 Å². The van der Waals surface area contributed by atoms with E-state index in [1.807, 2.05) is 0 Å². The lowest BCUT2D eigenvalue weighted by Gasteiger charge is -2.31. The highest BCUT2D eigenvalue weighted by Crippen LogP contribution is 2.31. The van der Waals surface area contributed by atoms with Crippen LogP contribution in [0, 0.1) is 0 Å². The van der Waals surface area contributed by atoms with Gasteiger partial charge >= 0.3 is 12.1 Å². The standard InChI is InChI=1S/C33H29F3N2O7S/c34-33(35,36)23-7-15-28(16-8-23)46(42,43)38-19-17-27(18-20-38)45-26-13-11-25(12-14-26)44-24-9-5-22(6-10-24)21-31(39)37-30-4-2-1-3-29(30)32(40)41/h1-16,27H,17-21H2,(H,37,39)(H,40,41). The molecule has 5 rings (SSSR count). The van der Waals surface area contributed by atoms with E-state index in [0.717, 1.165) is 24.3 Å². The van der Waals surface area contributed by atoms with Gasteiger partial charge in [-0.15, -0.1) is 0 Å². The summed E-state index contributed by atoms with van der Waals surface area (Å²) in [5.74, 6) is 0.162. The Morgan fingerprint density at radius 3 is 1.98 bits per heavy atom. The molecule has 0 bridgehead atoms. The summed E-state index contributed by atoms with van der Waals surface area (Å²) in [6.07, 6.45) is -3.92. The van der Waals surface area contributed by atoms with Crippen LogP contribution < -0.4 is 14.8 Å². The number of benzene rings is 4. The Kier molecular flexibility index (Phi) is 9.63. The predicted octanol–water partition coefficient (Wildman–Crippen LogP) is 6.61. The van der Waals surface area contributed by atoms with Crippen molar-refractivity contribution in [2.24, 2.45) is 0 Å². The summed E-state index contributed by atoms with van der Waals surface area (Å²) >= 11 is 0. The second-order valence-electron chi connectivity index (χ2n) is 10.5. The second-order valence-corrected chi connectivity index (χ2v) is 12.5. The summed E-state index contributed by atoms with van der Waals surface area (Å²) in [4.78, 5) is 23.6. The Balaban J connectivity index is 1.09. The number of alkyl halides is 3. The van der Waals surface area contributed by atoms with Crippen LogP contribution in [0.3, 0.4) is 0 Å². The first-order chi connectivity index (χ1) is 21.9. The van der Waals surface area contributed by atoms with E-state index in [1.54, 1.807) is 60.7 Å². The van der Waals surface area contributed by atoms with Crippen molar-refractivity contribution < 1.29 is 45.8 Å². The molecule has 0 radical (unpaired) electrons. The maximum absolute atomic E-state index is 12.9. The van der Waals surface area contributed by atoms with E-state index < -0.39 is 27.7 Å². The number of ether oxygens (including phenoxy) is 2. The van der Waals surface area contributed by atoms with E-state index in [0.29, 0.717) is 35.7 Å². The maximum atomic E-state index is 12.9. The first-order valence-electron chi connectivity index (χ1n) is 14.2. The minimum atomic E-state index is -4.54. The smallest absolute Gasteiger partial charge is 0.416 e. The van der Waals surface area contributed by atoms with E-state index in [4.69, 9.17) is 9.47 Å². The third-order valence-electron chi connectivity index (χ3n) is 7.30. The SMILES string of the molecule is O=C(Cc1ccc(Oc2ccc(OC3CCN(S(=O)(=O)c4ccc(C(F)(F)F)cc4)CC3)cc2)cc1)Nc1ccccc1C(=O)O. The summed E-state index contributed by atoms with van der Waals surface area (Å²) in [6.45, 7) is 0.338. The summed E-state index contributed by atoms with van der Waals surface area (Å²) < 4.78 is 77.5. The van der Waals surface area contributed by atoms with Crippen molar-refractivity contribution in [1.82, 2.24) is 4.31 Å². The zero-order chi connectivity index (χ0) is 32.9. The Hall–Kier alpha value is -4.88. The fourth-order valence-corrected chi connectivity index (χ4v) is 6.37. The Labute approximate surface area is 263 Å². The Morgan fingerprint density at radius 2 is 1.39 bits per heavy atom. The molecule has 0 saturated carbocycles. The molecular formula is C33H29F3N2O7S. The number of carboxylic acid groups (broad SMARTS) is 1. The normalized spacial score (nSPS) is 14.4. The number of piperidine rings is 1. The van der Waals surface area contributed by atoms with E-state index in [1.165, 1.54) is 16.4 Å². The fourth-order valence-electron chi connectivity index (χ4n) is 4.90. The number of hydrogen-bond acceptors (Lipinski definition) is 6. The van der Waals surface area contributed by atoms with E-state index >= 15 is 0 Å². The topological polar surface area (TPSA) is 122 Å². The van der Waals surface area contributed by atoms with Crippen molar-refractivity contribution in [3.63, 3.8) is 0 Å². The van der Waals surface area contributed by atoms with Crippen LogP contribution in [-0.2, 0) is 27.4 Å². The maximum Gasteiger partial charge on any atom is 0.416 e. The lowest BCUT2D eigenvalue weighted by molar-refractivity contribution is -0.137. The molecule has 1 heterocycles. The van der Waals surface area contributed by atoms with Gasteiger partial charge in [-0.05, 0) is 91.2 Å². The molecule has 0 aromatic heterocycles. The number of para-hydroxylation sites is 1. The molecule has 4 aromatic carbocycles. The van der Waals surface area contributed by atoms with Crippen molar-refractivity contribution in [1.29, 1.82) is 0 Å². The molecule has 0 unspecified atom stereocenters. The molecule has 46 heavy (non-hydrogen) atoms. The number of carbonyl (C=O) groups excluding carboxylic acids is 1. The summed E-state index contributed by atoms with van der Waals surface area (Å²) in [5.41, 5.74) is 0.0300. The van der Waals surface area contributed by atoms with Crippen LogP contribution in [0.2, 0.25) is 0 Å². The second kappa shape index (κ2) is 13.6. The highest BCUT2D eigenvalue weighted by molar-refractivity contribution is 7.89. The predicted molar refractivity (Wildman–Crippen MR) is 163 cm³/mol. The van der Waals surface area contributed by atoms with Crippen LogP contribution >= 0.6 is 0 Å². The lowest BCUT2D eigenvalue weighted by atomic mass is 10.1. The number of nitrogens with zero attached hydrogens (tertiary/aromatic N) is 1. The highest BCUT2D eigenvalue weighted by Gasteiger charge is 2.33. The zero-order valence-corrected chi connectivity index (χ0v) is 25.1. The van der Waals surface area contributed by atoms with Gasteiger partial charge < -0.3 is 19.9 Å². The number of halogens is 3. The van der Waals surface area contributed by atoms with Gasteiger partial charge in [0.2, 0.25) is 15.9 Å². The molecule has 0 atom stereocenters. The average Bonchev–Trinajstić information content (AvgIpc) is 3.03. The van der Waals surface area contributed by atoms with Gasteiger partial charge in [0.25, 0.3) is 0 Å². The van der Waals surface area contributed by atoms with Crippen LogP contribution in [0.25, 0.3) is 0 Å². The molecule has 1 amide bonds. The summed E-state index contributed by atoms with van der Waals surface area (Å²) in [6, 6.07) is 23.5. The molecule has 1 aliphatic rings. The van der Waals surface area contributed by atoms with Crippen molar-refractivity contribution >= 4 is 27.6 Å². The number of rotatable bonds is 10. The van der Waals surface area contributed by atoms with Crippen LogP contribution in [0.4, 0.5) is 18.9 Å². The van der Waals surface area contributed by atoms with Gasteiger partial charge in [-0.25, -0.2) is 13.2 Å². The van der Waals surface area contributed by atoms with Crippen LogP contribution in [0.15, 0.2) is 102 Å². The number of amides is 1. The van der Waals surface area contributed by atoms with E-state index in [-0.39, 0.29) is 47.7 Å². The molecule has 0 aliphatic carbocycles. The molecule has 2 N–H and O–H groups in total. The number of hydrogen-bond donors (Lipinski definition) is 2. The van der Waals surface area contributed by atoms with Gasteiger partial charge in [0, 0.05) is 13.1 Å². The third kappa shape index (κ3) is 8.03. The van der Waals surface area contributed by atoms with Gasteiger partial charge in [0.05, 0.1) is 28.1 Å². The molecule has 0 spiro atoms. The number of carbonyl (C=O) groups is 2. The van der Waals surface area contributed by atoms with Crippen molar-refractivity contribution in [3.8, 4) is 17.2 Å². The molecule has 1 fully saturated rings. The molecule has 9 nitrogen and oxygen atoms in total. The van der Waals surface area contributed by atoms with E-state index in [2.05, 4.69) is 5.32 Å². The van der Waals surface area contributed by atoms with Gasteiger partial charge in [-0.3, -0.25) is 4.79 Å². The molecular weight excluding hydrogens is 625 g/mol. The fraction of sp³-hybridized carbons (Fsp3) is 0.212. The Bertz CT molecular complexity index is 1790. The third-order valence-corrected chi connectivity index (χ3v) is 9.22. The van der Waals surface area contributed by atoms with Gasteiger partial charge in [0.1, 0.15) is 23.4 Å². The van der Waals surface area contributed by atoms with Gasteiger partial charge in [0.15, 0.2) is 0 Å². The summed E-state index contributed by atoms with van der Waals surface area (Å²) in [5, 5.41) is 11.9. The van der Waals surface area contributed by atoms with Crippen molar-refractivity contribution in [2.75, 3.05) is 18.4 Å². The van der Waals surface area contributed by atoms with Crippen molar-refractivity contribution in [3.05, 3.63) is 114 Å². The first-order valence-corrected chi connectivity index (χ1v) is 15.7. The number of sulfonamides is 1. The number of aromatic carboxylic acids is 1. The van der Waals surface area contributed by atoms with E-state index in [9.17, 15) is 36.3 Å². The zero-order valence-electron chi connectivity index (χ0n) is 24.2. The molecule has 4 aromatic rings. The summed E-state index contributed by atoms with van der Waals surface area (Å²) in [7, 11) is -3.93. The first kappa shape index (κ1) is 32.5. The number of nitrogens with one attached hydrogen (secondary N) is 1. The Morgan fingerprint density at radius 1 is 0.826 bits per heavy atom. The van der Waals surface area contributed by atoms with Crippen LogP contribution in [-0.4, -0.2) is 48.9 Å². The monoisotopic (exact) mass is 654 g/mol. The minimum absolute atomic E-state index is 0.00619. The molecule has 13 heteroatoms. The lowest BCUT2D eigenvalue weighted by Crippen LogP contribution is -2.41. The molecule has 1 aliphatic heterocycles. The molecule has 240 valence electrons. The highest BCUT2D eigenvalue weighted by atomic mass is 32.2. The quantitative estimate of drug-likeness (QED) is 0.197. The number of carboxylic acids is 1.